The number of ether oxygens (including phenoxy) is 4. The molecule has 0 amide bonds. The predicted octanol–water partition coefficient (Wildman–Crippen LogP) is 6.83. The minimum atomic E-state index is -4.92. The summed E-state index contributed by atoms with van der Waals surface area (Å²) in [6.07, 6.45) is -6.90. The van der Waals surface area contributed by atoms with Crippen LogP contribution in [0.25, 0.3) is 0 Å². The van der Waals surface area contributed by atoms with Crippen LogP contribution >= 0.6 is 0 Å². The van der Waals surface area contributed by atoms with Crippen LogP contribution in [0, 0.1) is 5.92 Å². The maximum Gasteiger partial charge on any atom is 0.573 e. The Kier molecular flexibility index (Phi) is 8.23. The van der Waals surface area contributed by atoms with Gasteiger partial charge < -0.3 is 18.9 Å². The first kappa shape index (κ1) is 28.4. The zero-order valence-corrected chi connectivity index (χ0v) is 20.1. The Morgan fingerprint density at radius 2 is 0.974 bits per heavy atom. The lowest BCUT2D eigenvalue weighted by Gasteiger charge is -2.23. The Morgan fingerprint density at radius 3 is 1.29 bits per heavy atom. The van der Waals surface area contributed by atoms with E-state index in [1.165, 1.54) is 13.0 Å². The Bertz CT molecular complexity index is 1280. The van der Waals surface area contributed by atoms with Crippen LogP contribution in [0.3, 0.4) is 0 Å². The van der Waals surface area contributed by atoms with Crippen LogP contribution in [0.15, 0.2) is 83.3 Å². The summed E-state index contributed by atoms with van der Waals surface area (Å²) in [5.74, 6) is -4.08. The fraction of sp³-hybridized carbons (Fsp3) is 0.231. The van der Waals surface area contributed by atoms with Crippen LogP contribution in [0.1, 0.15) is 20.8 Å². The predicted molar refractivity (Wildman–Crippen MR) is 121 cm³/mol. The van der Waals surface area contributed by atoms with Crippen LogP contribution in [0.2, 0.25) is 0 Å². The standard InChI is InChI=1S/C26H20F6O6/c1-4-19-20(13-14(2)3)22(34)24(36-16-7-11-18(12-8-16)38-26(30,31)32)23(21(19)33)35-15-5-9-17(10-6-15)37-25(27,28)29/h4-14H,1-3H3/b19-4+,20-13+. The average molecular weight is 542 g/mol. The highest BCUT2D eigenvalue weighted by molar-refractivity contribution is 6.28. The number of hydrogen-bond acceptors (Lipinski definition) is 6. The third kappa shape index (κ3) is 7.40. The molecule has 12 heteroatoms. The molecule has 0 radical (unpaired) electrons. The van der Waals surface area contributed by atoms with Crippen molar-refractivity contribution in [3.05, 3.63) is 83.3 Å². The van der Waals surface area contributed by atoms with Crippen LogP contribution in [-0.4, -0.2) is 24.3 Å². The summed E-state index contributed by atoms with van der Waals surface area (Å²) in [6, 6.07) is 8.12. The number of carbonyl (C=O) groups is 2. The Balaban J connectivity index is 2.03. The Hall–Kier alpha value is -4.22. The van der Waals surface area contributed by atoms with Crippen molar-refractivity contribution in [3.63, 3.8) is 0 Å². The van der Waals surface area contributed by atoms with E-state index in [0.717, 1.165) is 48.5 Å². The van der Waals surface area contributed by atoms with Gasteiger partial charge in [-0.2, -0.15) is 0 Å². The molecule has 2 aromatic carbocycles. The summed E-state index contributed by atoms with van der Waals surface area (Å²) >= 11 is 0. The lowest BCUT2D eigenvalue weighted by Crippen LogP contribution is -2.30. The largest absolute Gasteiger partial charge is 0.573 e. The van der Waals surface area contributed by atoms with Gasteiger partial charge in [0.25, 0.3) is 0 Å². The van der Waals surface area contributed by atoms with Gasteiger partial charge >= 0.3 is 12.7 Å². The van der Waals surface area contributed by atoms with E-state index in [1.54, 1.807) is 19.9 Å². The molecule has 38 heavy (non-hydrogen) atoms. The molecule has 202 valence electrons. The SMILES string of the molecule is C/C=C1/C(=O)C(Oc2ccc(OC(F)(F)F)cc2)=C(Oc2ccc(OC(F)(F)F)cc2)C(=O)/C1=C/C(C)C. The first-order valence-electron chi connectivity index (χ1n) is 11.0. The molecule has 0 bridgehead atoms. The van der Waals surface area contributed by atoms with E-state index in [-0.39, 0.29) is 28.6 Å². The third-order valence-electron chi connectivity index (χ3n) is 4.74. The molecule has 6 nitrogen and oxygen atoms in total. The molecule has 0 N–H and O–H groups in total. The molecule has 0 saturated heterocycles. The highest BCUT2D eigenvalue weighted by Gasteiger charge is 2.39. The topological polar surface area (TPSA) is 71.1 Å². The average Bonchev–Trinajstić information content (AvgIpc) is 2.80. The zero-order chi connectivity index (χ0) is 28.3. The van der Waals surface area contributed by atoms with Crippen molar-refractivity contribution in [2.45, 2.75) is 33.5 Å². The summed E-state index contributed by atoms with van der Waals surface area (Å²) < 4.78 is 93.5. The molecule has 0 saturated carbocycles. The number of halogens is 6. The van der Waals surface area contributed by atoms with Crippen LogP contribution < -0.4 is 18.9 Å². The van der Waals surface area contributed by atoms with Crippen molar-refractivity contribution in [2.75, 3.05) is 0 Å². The van der Waals surface area contributed by atoms with E-state index in [0.29, 0.717) is 0 Å². The van der Waals surface area contributed by atoms with Crippen molar-refractivity contribution < 1.29 is 54.9 Å². The molecule has 3 rings (SSSR count). The molecule has 1 aliphatic rings. The summed E-state index contributed by atoms with van der Waals surface area (Å²) in [6.45, 7) is 5.08. The van der Waals surface area contributed by atoms with E-state index in [4.69, 9.17) is 9.47 Å². The summed E-state index contributed by atoms with van der Waals surface area (Å²) in [5.41, 5.74) is 0.0396. The maximum atomic E-state index is 13.4. The Labute approximate surface area is 212 Å². The smallest absolute Gasteiger partial charge is 0.449 e. The lowest BCUT2D eigenvalue weighted by molar-refractivity contribution is -0.275. The highest BCUT2D eigenvalue weighted by Crippen LogP contribution is 2.34. The van der Waals surface area contributed by atoms with Gasteiger partial charge in [0.15, 0.2) is 0 Å². The molecule has 0 aliphatic heterocycles. The number of hydrogen-bond donors (Lipinski definition) is 0. The van der Waals surface area contributed by atoms with Gasteiger partial charge in [-0.05, 0) is 61.4 Å². The summed E-state index contributed by atoms with van der Waals surface area (Å²) in [7, 11) is 0. The quantitative estimate of drug-likeness (QED) is 0.282. The van der Waals surface area contributed by atoms with E-state index in [2.05, 4.69) is 9.47 Å². The van der Waals surface area contributed by atoms with Gasteiger partial charge in [-0.15, -0.1) is 26.3 Å². The molecule has 0 heterocycles. The van der Waals surface area contributed by atoms with Gasteiger partial charge in [0.1, 0.15) is 23.0 Å². The highest BCUT2D eigenvalue weighted by atomic mass is 19.4. The fourth-order valence-corrected chi connectivity index (χ4v) is 3.32. The van der Waals surface area contributed by atoms with Crippen molar-refractivity contribution >= 4 is 11.6 Å². The van der Waals surface area contributed by atoms with Gasteiger partial charge in [0.05, 0.1) is 0 Å². The lowest BCUT2D eigenvalue weighted by atomic mass is 9.87. The van der Waals surface area contributed by atoms with E-state index in [9.17, 15) is 35.9 Å². The second-order valence-corrected chi connectivity index (χ2v) is 8.09. The van der Waals surface area contributed by atoms with Gasteiger partial charge in [0, 0.05) is 11.1 Å². The van der Waals surface area contributed by atoms with Crippen LogP contribution in [0.4, 0.5) is 26.3 Å². The zero-order valence-electron chi connectivity index (χ0n) is 20.1. The van der Waals surface area contributed by atoms with Crippen molar-refractivity contribution in [1.29, 1.82) is 0 Å². The second-order valence-electron chi connectivity index (χ2n) is 8.09. The molecule has 0 atom stereocenters. The molecular weight excluding hydrogens is 522 g/mol. The minimum absolute atomic E-state index is 0.0111. The number of alkyl halides is 6. The van der Waals surface area contributed by atoms with E-state index < -0.39 is 47.3 Å². The minimum Gasteiger partial charge on any atom is -0.449 e. The fourth-order valence-electron chi connectivity index (χ4n) is 3.32. The third-order valence-corrected chi connectivity index (χ3v) is 4.74. The molecule has 0 spiro atoms. The van der Waals surface area contributed by atoms with Gasteiger partial charge in [-0.3, -0.25) is 9.59 Å². The number of benzene rings is 2. The first-order chi connectivity index (χ1) is 17.7. The van der Waals surface area contributed by atoms with Crippen molar-refractivity contribution in [1.82, 2.24) is 0 Å². The number of rotatable bonds is 7. The molecule has 0 fully saturated rings. The molecule has 2 aromatic rings. The van der Waals surface area contributed by atoms with Crippen molar-refractivity contribution in [3.8, 4) is 23.0 Å². The molecule has 0 aromatic heterocycles. The van der Waals surface area contributed by atoms with Crippen LogP contribution in [-0.2, 0) is 9.59 Å². The van der Waals surface area contributed by atoms with Crippen LogP contribution in [0.5, 0.6) is 23.0 Å². The monoisotopic (exact) mass is 542 g/mol. The van der Waals surface area contributed by atoms with Gasteiger partial charge in [-0.1, -0.05) is 26.0 Å². The van der Waals surface area contributed by atoms with Crippen molar-refractivity contribution in [2.24, 2.45) is 5.92 Å². The Morgan fingerprint density at radius 1 is 0.632 bits per heavy atom. The number of Topliss-reactive ketones (excluding diaryl/α,β-unsaturated/α-hetero) is 2. The van der Waals surface area contributed by atoms with E-state index in [1.807, 2.05) is 0 Å². The summed E-state index contributed by atoms with van der Waals surface area (Å²) in [4.78, 5) is 26.7. The maximum absolute atomic E-state index is 13.4. The molecule has 0 unspecified atom stereocenters. The molecular formula is C26H20F6O6. The number of carbonyl (C=O) groups excluding carboxylic acids is 2. The van der Waals surface area contributed by atoms with Gasteiger partial charge in [0.2, 0.25) is 23.1 Å². The first-order valence-corrected chi connectivity index (χ1v) is 11.0. The summed E-state index contributed by atoms with van der Waals surface area (Å²) in [5, 5.41) is 0. The molecule has 1 aliphatic carbocycles. The van der Waals surface area contributed by atoms with E-state index >= 15 is 0 Å². The van der Waals surface area contributed by atoms with Gasteiger partial charge in [-0.25, -0.2) is 0 Å². The second kappa shape index (κ2) is 11.0. The number of allylic oxidation sites excluding steroid dienone is 4. The normalized spacial score (nSPS) is 16.9. The number of ketones is 2.